The van der Waals surface area contributed by atoms with Gasteiger partial charge in [0, 0.05) is 6.07 Å². The van der Waals surface area contributed by atoms with Gasteiger partial charge >= 0.3 is 6.35 Å². The second-order valence-corrected chi connectivity index (χ2v) is 3.72. The van der Waals surface area contributed by atoms with Crippen LogP contribution < -0.4 is 4.57 Å². The summed E-state index contributed by atoms with van der Waals surface area (Å²) in [5, 5.41) is 25.0. The molecule has 94 valence electrons. The zero-order valence-electron chi connectivity index (χ0n) is 10.9. The van der Waals surface area contributed by atoms with E-state index in [1.807, 2.05) is 17.8 Å². The van der Waals surface area contributed by atoms with Crippen LogP contribution in [-0.2, 0) is 18.2 Å². The van der Waals surface area contributed by atoms with Crippen molar-refractivity contribution in [3.63, 3.8) is 0 Å². The number of imidazole rings is 1. The smallest absolute Gasteiger partial charge is 0.327 e. The van der Waals surface area contributed by atoms with Gasteiger partial charge in [0.15, 0.2) is 0 Å². The Bertz CT molecular complexity index is 477. The van der Waals surface area contributed by atoms with Crippen LogP contribution in [0.25, 0.3) is 0 Å². The summed E-state index contributed by atoms with van der Waals surface area (Å²) in [5.74, 6) is 3.34. The van der Waals surface area contributed by atoms with E-state index in [9.17, 15) is 0 Å². The average Bonchev–Trinajstić information content (AvgIpc) is 2.83. The number of nitrogens with zero attached hydrogens (tertiary/aromatic N) is 5. The Morgan fingerprint density at radius 2 is 1.94 bits per heavy atom. The lowest BCUT2D eigenvalue weighted by Crippen LogP contribution is -2.33. The molecule has 0 N–H and O–H groups in total. The van der Waals surface area contributed by atoms with E-state index < -0.39 is 6.35 Å². The lowest BCUT2D eigenvalue weighted by Gasteiger charge is -2.18. The summed E-state index contributed by atoms with van der Waals surface area (Å²) in [5.41, 5.74) is 0. The Morgan fingerprint density at radius 1 is 1.33 bits per heavy atom. The van der Waals surface area contributed by atoms with E-state index in [-0.39, 0.29) is 6.32 Å². The van der Waals surface area contributed by atoms with Gasteiger partial charge in [0.2, 0.25) is 6.33 Å². The molecule has 0 aromatic carbocycles. The molecule has 18 heavy (non-hydrogen) atoms. The van der Waals surface area contributed by atoms with Gasteiger partial charge in [-0.25, -0.2) is 24.9 Å². The first-order valence-corrected chi connectivity index (χ1v) is 5.49. The standard InChI is InChI=1S/C6H11N2.C5H5BN3O/c1-3-8-5-4-7(2)6-8;1-10-6(4-8,5-9)2-3-7/h4-6H,3H2,1-2H3;2H2,1H3/q+1;-1. The summed E-state index contributed by atoms with van der Waals surface area (Å²) < 4.78 is 8.75. The average molecular weight is 245 g/mol. The van der Waals surface area contributed by atoms with Gasteiger partial charge in [-0.1, -0.05) is 0 Å². The van der Waals surface area contributed by atoms with Crippen molar-refractivity contribution in [2.45, 2.75) is 19.8 Å². The molecule has 0 saturated heterocycles. The van der Waals surface area contributed by atoms with Crippen LogP contribution in [-0.4, -0.2) is 18.0 Å². The zero-order chi connectivity index (χ0) is 14.0. The molecule has 0 unspecified atom stereocenters. The second kappa shape index (κ2) is 7.89. The molecule has 0 amide bonds. The molecule has 0 fully saturated rings. The third kappa shape index (κ3) is 4.70. The first-order chi connectivity index (χ1) is 8.57. The Balaban J connectivity index is 0.000000327. The third-order valence-electron chi connectivity index (χ3n) is 2.39. The monoisotopic (exact) mass is 245 g/mol. The molecule has 0 radical (unpaired) electrons. The van der Waals surface area contributed by atoms with Crippen LogP contribution in [0.1, 0.15) is 6.92 Å². The van der Waals surface area contributed by atoms with Gasteiger partial charge in [-0.3, -0.25) is 0 Å². The van der Waals surface area contributed by atoms with Gasteiger partial charge in [0.05, 0.1) is 13.6 Å². The van der Waals surface area contributed by atoms with E-state index in [1.165, 1.54) is 7.11 Å². The maximum absolute atomic E-state index is 8.39. The number of rotatable bonds is 3. The van der Waals surface area contributed by atoms with E-state index in [0.717, 1.165) is 6.54 Å². The predicted octanol–water partition coefficient (Wildman–Crippen LogP) is 0.560. The van der Waals surface area contributed by atoms with Crippen LogP contribution in [0.15, 0.2) is 18.7 Å². The molecule has 1 rings (SSSR count). The topological polar surface area (TPSA) is 89.4 Å². The number of nitriles is 3. The molecule has 0 saturated carbocycles. The summed E-state index contributed by atoms with van der Waals surface area (Å²) in [6.07, 6.45) is 3.78. The first kappa shape index (κ1) is 15.7. The predicted molar refractivity (Wildman–Crippen MR) is 65.7 cm³/mol. The Kier molecular flexibility index (Phi) is 6.89. The van der Waals surface area contributed by atoms with Crippen LogP contribution >= 0.6 is 0 Å². The number of hydrogen-bond donors (Lipinski definition) is 0. The molecule has 7 heteroatoms. The highest BCUT2D eigenvalue weighted by Crippen LogP contribution is 2.05. The molecule has 1 aromatic rings. The first-order valence-electron chi connectivity index (χ1n) is 5.49. The molecular weight excluding hydrogens is 229 g/mol. The molecule has 1 aromatic heterocycles. The van der Waals surface area contributed by atoms with Crippen LogP contribution in [0.2, 0.25) is 6.32 Å². The summed E-state index contributed by atoms with van der Waals surface area (Å²) >= 11 is 0. The van der Waals surface area contributed by atoms with Crippen LogP contribution in [0.5, 0.6) is 0 Å². The maximum atomic E-state index is 8.39. The van der Waals surface area contributed by atoms with E-state index in [4.69, 9.17) is 15.8 Å². The summed E-state index contributed by atoms with van der Waals surface area (Å²) in [7, 11) is 3.27. The van der Waals surface area contributed by atoms with Gasteiger partial charge in [-0.05, 0) is 20.4 Å². The van der Waals surface area contributed by atoms with E-state index in [2.05, 4.69) is 28.7 Å². The van der Waals surface area contributed by atoms with Crippen LogP contribution in [0.4, 0.5) is 0 Å². The van der Waals surface area contributed by atoms with Crippen LogP contribution in [0, 0.1) is 33.8 Å². The minimum Gasteiger partial charge on any atom is -0.570 e. The fraction of sp³-hybridized carbons (Fsp3) is 0.455. The van der Waals surface area contributed by atoms with Gasteiger partial charge < -0.3 is 4.65 Å². The number of aromatic nitrogens is 2. The molecule has 6 nitrogen and oxygen atoms in total. The Morgan fingerprint density at radius 3 is 2.11 bits per heavy atom. The van der Waals surface area contributed by atoms with Crippen molar-refractivity contribution in [1.82, 2.24) is 4.57 Å². The van der Waals surface area contributed by atoms with Crippen molar-refractivity contribution in [2.24, 2.45) is 7.05 Å². The van der Waals surface area contributed by atoms with Crippen molar-refractivity contribution in [1.29, 1.82) is 15.8 Å². The molecular formula is C11H16BN5O. The second-order valence-electron chi connectivity index (χ2n) is 3.72. The van der Waals surface area contributed by atoms with Crippen molar-refractivity contribution in [2.75, 3.05) is 7.11 Å². The molecule has 0 atom stereocenters. The van der Waals surface area contributed by atoms with Gasteiger partial charge in [-0.2, -0.15) is 0 Å². The van der Waals surface area contributed by atoms with Gasteiger partial charge in [-0.15, -0.1) is 11.9 Å². The highest BCUT2D eigenvalue weighted by molar-refractivity contribution is 6.88. The van der Waals surface area contributed by atoms with Gasteiger partial charge in [0.25, 0.3) is 0 Å². The fourth-order valence-corrected chi connectivity index (χ4v) is 1.13. The van der Waals surface area contributed by atoms with Crippen LogP contribution in [0.3, 0.4) is 0 Å². The van der Waals surface area contributed by atoms with E-state index in [0.29, 0.717) is 0 Å². The number of aryl methyl sites for hydroxylation is 2. The van der Waals surface area contributed by atoms with Crippen molar-refractivity contribution in [3.8, 4) is 18.0 Å². The molecule has 1 heterocycles. The lowest BCUT2D eigenvalue weighted by atomic mass is 9.41. The minimum absolute atomic E-state index is 0.163. The molecule has 0 aliphatic heterocycles. The van der Waals surface area contributed by atoms with E-state index >= 15 is 0 Å². The minimum atomic E-state index is -2.20. The van der Waals surface area contributed by atoms with Crippen molar-refractivity contribution < 1.29 is 9.22 Å². The third-order valence-corrected chi connectivity index (χ3v) is 2.39. The quantitative estimate of drug-likeness (QED) is 0.574. The Hall–Kier alpha value is -2.30. The number of hydrogen-bond acceptors (Lipinski definition) is 4. The van der Waals surface area contributed by atoms with E-state index in [1.54, 1.807) is 18.0 Å². The molecule has 0 spiro atoms. The largest absolute Gasteiger partial charge is 0.570 e. The lowest BCUT2D eigenvalue weighted by molar-refractivity contribution is -0.671. The summed E-state index contributed by atoms with van der Waals surface area (Å²) in [6, 6.07) is 1.72. The maximum Gasteiger partial charge on any atom is 0.327 e. The normalized spacial score (nSPS) is 9.33. The highest BCUT2D eigenvalue weighted by atomic mass is 16.4. The highest BCUT2D eigenvalue weighted by Gasteiger charge is 2.23. The SMILES string of the molecule is CCn1cc[n+](C)c1.CO[B-](C#N)(C#N)CC#N. The molecule has 0 aliphatic carbocycles. The summed E-state index contributed by atoms with van der Waals surface area (Å²) in [4.78, 5) is 0. The van der Waals surface area contributed by atoms with Crippen molar-refractivity contribution >= 4 is 6.35 Å². The Labute approximate surface area is 107 Å². The van der Waals surface area contributed by atoms with Crippen molar-refractivity contribution in [3.05, 3.63) is 18.7 Å². The zero-order valence-corrected chi connectivity index (χ0v) is 10.9. The molecule has 0 aliphatic rings. The summed E-state index contributed by atoms with van der Waals surface area (Å²) in [6.45, 7) is 3.18. The van der Waals surface area contributed by atoms with Gasteiger partial charge in [0.1, 0.15) is 12.4 Å². The fourth-order valence-electron chi connectivity index (χ4n) is 1.13. The molecule has 0 bridgehead atoms.